The van der Waals surface area contributed by atoms with Crippen molar-refractivity contribution in [3.8, 4) is 0 Å². The molecule has 0 aliphatic rings. The average Bonchev–Trinajstić information content (AvgIpc) is 3.04. The van der Waals surface area contributed by atoms with E-state index in [1.807, 2.05) is 20.8 Å². The van der Waals surface area contributed by atoms with Crippen LogP contribution in [0, 0.1) is 20.8 Å². The summed E-state index contributed by atoms with van der Waals surface area (Å²) < 4.78 is 0. The van der Waals surface area contributed by atoms with Crippen LogP contribution in [0.25, 0.3) is 21.5 Å². The van der Waals surface area contributed by atoms with E-state index in [2.05, 4.69) is 0 Å². The van der Waals surface area contributed by atoms with Gasteiger partial charge < -0.3 is 0 Å². The predicted molar refractivity (Wildman–Crippen MR) is 269 cm³/mol. The molecule has 0 aromatic heterocycles. The fourth-order valence-electron chi connectivity index (χ4n) is 7.70. The lowest BCUT2D eigenvalue weighted by Gasteiger charge is -2.40. The average molecular weight is 581 g/mol. The lowest BCUT2D eigenvalue weighted by molar-refractivity contribution is 1.32. The molecule has 0 saturated carbocycles. The van der Waals surface area contributed by atoms with Crippen molar-refractivity contribution in [1.29, 1.82) is 0 Å². The van der Waals surface area contributed by atoms with Gasteiger partial charge in [0, 0.05) is 198 Å². The highest BCUT2D eigenvalue weighted by Gasteiger charge is 2.41. The smallest absolute Gasteiger partial charge is 0.113 e. The predicted octanol–water partition coefficient (Wildman–Crippen LogP) is -13.8. The molecule has 0 amide bonds. The van der Waals surface area contributed by atoms with Gasteiger partial charge in [-0.05, 0) is 53.4 Å². The molecule has 0 aliphatic heterocycles. The zero-order valence-electron chi connectivity index (χ0n) is 29.6. The Morgan fingerprint density at radius 2 is 0.961 bits per heavy atom. The van der Waals surface area contributed by atoms with Gasteiger partial charge in [0.05, 0.1) is 39.6 Å². The van der Waals surface area contributed by atoms with Gasteiger partial charge in [-0.15, -0.1) is 10.9 Å². The van der Waals surface area contributed by atoms with Crippen molar-refractivity contribution in [2.24, 2.45) is 0 Å². The van der Waals surface area contributed by atoms with E-state index in [9.17, 15) is 0 Å². The Hall–Kier alpha value is 0.388. The van der Waals surface area contributed by atoms with E-state index in [0.717, 1.165) is 16.7 Å². The van der Waals surface area contributed by atoms with Gasteiger partial charge in [-0.25, -0.2) is 0 Å². The van der Waals surface area contributed by atoms with E-state index in [-0.39, 0.29) is 16.4 Å². The van der Waals surface area contributed by atoms with Gasteiger partial charge in [0.25, 0.3) is 0 Å². The summed E-state index contributed by atoms with van der Waals surface area (Å²) in [6, 6.07) is 0. The second kappa shape index (κ2) is 18.6. The topological polar surface area (TPSA) is 0 Å². The molecule has 0 saturated heterocycles. The molecule has 51 heavy (non-hydrogen) atoms. The lowest BCUT2D eigenvalue weighted by atomic mass is 8.59. The highest BCUT2D eigenvalue weighted by atomic mass is 14.2. The van der Waals surface area contributed by atoms with Crippen LogP contribution in [0.3, 0.4) is 0 Å². The van der Waals surface area contributed by atoms with Crippen molar-refractivity contribution in [3.63, 3.8) is 0 Å². The Morgan fingerprint density at radius 1 is 0.451 bits per heavy atom. The summed E-state index contributed by atoms with van der Waals surface area (Å²) in [7, 11) is 128. The monoisotopic (exact) mass is 587 g/mol. The third-order valence-electron chi connectivity index (χ3n) is 10.4. The molecule has 0 heterocycles. The fourth-order valence-corrected chi connectivity index (χ4v) is 7.70. The molecule has 3 aromatic rings. The highest BCUT2D eigenvalue weighted by molar-refractivity contribution is 7.97. The first-order valence-electron chi connectivity index (χ1n) is 16.5. The van der Waals surface area contributed by atoms with Gasteiger partial charge in [0.2, 0.25) is 0 Å². The number of rotatable bonds is 15. The van der Waals surface area contributed by atoms with E-state index in [1.165, 1.54) is 21.3 Å². The first-order chi connectivity index (χ1) is 23.6. The van der Waals surface area contributed by atoms with E-state index < -0.39 is 77.2 Å². The Morgan fingerprint density at radius 3 is 1.35 bits per heavy atom. The SMILES string of the molecule is [B][B]B(B([B])[B])B(B([B])[B])c1c2c([B])c([B][B])c(B([B])[B])c(B([B])[B][B])c2c(B(B([B])[B])B([B])B([B])[B])c2c(B([B])B([B])[B])c(C)c(C)c(C)c12. The Kier molecular flexibility index (Phi) is 16.7. The van der Waals surface area contributed by atoms with Gasteiger partial charge in [-0.3, -0.25) is 0 Å². The van der Waals surface area contributed by atoms with Crippen molar-refractivity contribution in [3.05, 3.63) is 16.7 Å². The normalized spacial score (nSPS) is 10.6. The van der Waals surface area contributed by atoms with Crippen molar-refractivity contribution in [1.82, 2.24) is 0 Å². The number of aryl methyl sites for hydroxylation is 1. The number of fused-ring (bicyclic) bond motifs is 2. The van der Waals surface area contributed by atoms with Gasteiger partial charge in [-0.1, -0.05) is 32.9 Å². The van der Waals surface area contributed by atoms with Crippen LogP contribution in [0.5, 0.6) is 0 Å². The molecule has 3 aromatic carbocycles. The highest BCUT2D eigenvalue weighted by Crippen LogP contribution is 2.27. The largest absolute Gasteiger partial charge is 0.113 e. The molecule has 179 valence electrons. The maximum atomic E-state index is 7.17. The van der Waals surface area contributed by atoms with E-state index in [0.29, 0.717) is 43.4 Å². The first kappa shape index (κ1) is 45.8. The van der Waals surface area contributed by atoms with E-state index >= 15 is 0 Å². The van der Waals surface area contributed by atoms with Gasteiger partial charge in [0.15, 0.2) is 0 Å². The minimum absolute atomic E-state index is 0.121. The molecule has 0 atom stereocenters. The van der Waals surface area contributed by atoms with Gasteiger partial charge in [0.1, 0.15) is 7.85 Å². The quantitative estimate of drug-likeness (QED) is 0.124. The third kappa shape index (κ3) is 8.42. The second-order valence-electron chi connectivity index (χ2n) is 13.5. The zero-order chi connectivity index (χ0) is 39.1. The Labute approximate surface area is 340 Å². The lowest BCUT2D eigenvalue weighted by Crippen LogP contribution is -2.71. The molecule has 34 heteroatoms. The minimum Gasteiger partial charge on any atom is -0.113 e. The van der Waals surface area contributed by atoms with Crippen LogP contribution < -0.4 is 38.2 Å². The molecule has 0 aliphatic carbocycles. The van der Waals surface area contributed by atoms with Crippen molar-refractivity contribution in [2.45, 2.75) is 20.8 Å². The molecule has 0 bridgehead atoms. The third-order valence-corrected chi connectivity index (χ3v) is 10.4. The van der Waals surface area contributed by atoms with Crippen LogP contribution in [0.1, 0.15) is 16.7 Å². The molecule has 0 unspecified atom stereocenters. The van der Waals surface area contributed by atoms with Crippen LogP contribution in [0.15, 0.2) is 0 Å². The van der Waals surface area contributed by atoms with Crippen molar-refractivity contribution < 1.29 is 0 Å². The van der Waals surface area contributed by atoms with Crippen LogP contribution in [0.4, 0.5) is 0 Å². The fraction of sp³-hybridized carbons (Fsp3) is 0.176. The van der Waals surface area contributed by atoms with Crippen molar-refractivity contribution in [2.75, 3.05) is 0 Å². The van der Waals surface area contributed by atoms with Gasteiger partial charge in [-0.2, -0.15) is 0 Å². The summed E-state index contributed by atoms with van der Waals surface area (Å²) in [5.74, 6) is 0. The van der Waals surface area contributed by atoms with Crippen LogP contribution in [-0.2, 0) is 0 Å². The molecule has 0 fully saturated rings. The molecular formula is C17H9B34. The Bertz CT molecular complexity index is 1700. The molecular weight excluding hydrogens is 572 g/mol. The maximum absolute atomic E-state index is 7.17. The number of benzene rings is 3. The standard InChI is InChI=1S/C17H9B34/c1-4-5(2)7-9(13(6(4)3)42(25)45(26)27)15(43(46(28)29)50(36)48(32)33)10-8(14(7)44(47(30)31)51(39-21)49(34)35)11(18)12(37-19)17(40(22)23)16(10)41(24)38-20/h1-3H3. The summed E-state index contributed by atoms with van der Waals surface area (Å²) in [6.07, 6.45) is -7.46. The summed E-state index contributed by atoms with van der Waals surface area (Å²) in [5, 5.41) is 1.77. The van der Waals surface area contributed by atoms with E-state index in [4.69, 9.17) is 147 Å². The molecule has 41 radical (unpaired) electrons. The first-order valence-corrected chi connectivity index (χ1v) is 16.5. The van der Waals surface area contributed by atoms with Crippen molar-refractivity contribution >= 4 is 305 Å². The van der Waals surface area contributed by atoms with Crippen LogP contribution >= 0.6 is 0 Å². The Balaban J connectivity index is 3.24. The maximum Gasteiger partial charge on any atom is 0.113 e. The van der Waals surface area contributed by atoms with Crippen LogP contribution in [0.2, 0.25) is 0 Å². The molecule has 0 spiro atoms. The number of hydrogen-bond donors (Lipinski definition) is 0. The molecule has 0 nitrogen and oxygen atoms in total. The second-order valence-corrected chi connectivity index (χ2v) is 13.5. The summed E-state index contributed by atoms with van der Waals surface area (Å²) >= 11 is 0. The molecule has 3 rings (SSSR count). The zero-order valence-corrected chi connectivity index (χ0v) is 29.6. The number of hydrogen-bond acceptors (Lipinski definition) is 0. The summed E-state index contributed by atoms with van der Waals surface area (Å²) in [4.78, 5) is 0. The van der Waals surface area contributed by atoms with Gasteiger partial charge >= 0.3 is 0 Å². The van der Waals surface area contributed by atoms with Crippen LogP contribution in [-0.4, -0.2) is 246 Å². The minimum atomic E-state index is -1.19. The summed E-state index contributed by atoms with van der Waals surface area (Å²) in [5.41, 5.74) is 4.74. The molecule has 0 N–H and O–H groups in total. The van der Waals surface area contributed by atoms with E-state index in [1.54, 1.807) is 0 Å². The summed E-state index contributed by atoms with van der Waals surface area (Å²) in [6.45, 7) is 0.552.